The zero-order chi connectivity index (χ0) is 12.1. The zero-order valence-corrected chi connectivity index (χ0v) is 11.6. The Morgan fingerprint density at radius 1 is 1.22 bits per heavy atom. The summed E-state index contributed by atoms with van der Waals surface area (Å²) in [6.45, 7) is 1.51. The fraction of sp³-hybridized carbons (Fsp3) is 0.500. The predicted octanol–water partition coefficient (Wildman–Crippen LogP) is 1.48. The van der Waals surface area contributed by atoms with Gasteiger partial charge in [-0.15, -0.1) is 12.4 Å². The molecule has 0 aliphatic heterocycles. The molecular formula is C14H21ClN2O. The largest absolute Gasteiger partial charge is 0.355 e. The van der Waals surface area contributed by atoms with Crippen LogP contribution in [0.1, 0.15) is 23.1 Å². The number of fused-ring (bicyclic) bond motifs is 1. The van der Waals surface area contributed by atoms with Gasteiger partial charge in [0.2, 0.25) is 5.91 Å². The molecule has 1 aliphatic carbocycles. The molecule has 0 unspecified atom stereocenters. The Morgan fingerprint density at radius 2 is 2.00 bits per heavy atom. The number of amides is 1. The SMILES string of the molecule is CNCCNC(=O)Cc1ccc2c(c1)CCC2.Cl. The highest BCUT2D eigenvalue weighted by Crippen LogP contribution is 2.22. The molecule has 0 fully saturated rings. The molecule has 0 atom stereocenters. The van der Waals surface area contributed by atoms with Gasteiger partial charge in [0.25, 0.3) is 0 Å². The van der Waals surface area contributed by atoms with Gasteiger partial charge in [-0.05, 0) is 43.0 Å². The summed E-state index contributed by atoms with van der Waals surface area (Å²) in [6.07, 6.45) is 4.12. The number of hydrogen-bond acceptors (Lipinski definition) is 2. The van der Waals surface area contributed by atoms with E-state index >= 15 is 0 Å². The minimum atomic E-state index is 0. The molecule has 0 aromatic heterocycles. The van der Waals surface area contributed by atoms with Crippen LogP contribution < -0.4 is 10.6 Å². The summed E-state index contributed by atoms with van der Waals surface area (Å²) >= 11 is 0. The van der Waals surface area contributed by atoms with E-state index in [-0.39, 0.29) is 18.3 Å². The van der Waals surface area contributed by atoms with Crippen LogP contribution >= 0.6 is 12.4 Å². The van der Waals surface area contributed by atoms with Crippen molar-refractivity contribution in [1.82, 2.24) is 10.6 Å². The molecule has 1 aromatic rings. The molecule has 0 radical (unpaired) electrons. The van der Waals surface area contributed by atoms with Crippen LogP contribution in [-0.4, -0.2) is 26.0 Å². The van der Waals surface area contributed by atoms with Crippen LogP contribution in [0.3, 0.4) is 0 Å². The maximum absolute atomic E-state index is 11.6. The number of carbonyl (C=O) groups is 1. The Balaban J connectivity index is 0.00000162. The summed E-state index contributed by atoms with van der Waals surface area (Å²) in [5, 5.41) is 5.90. The molecule has 18 heavy (non-hydrogen) atoms. The van der Waals surface area contributed by atoms with E-state index in [9.17, 15) is 4.79 Å². The summed E-state index contributed by atoms with van der Waals surface area (Å²) in [6, 6.07) is 6.46. The smallest absolute Gasteiger partial charge is 0.224 e. The van der Waals surface area contributed by atoms with Gasteiger partial charge in [-0.1, -0.05) is 18.2 Å². The van der Waals surface area contributed by atoms with Gasteiger partial charge in [-0.25, -0.2) is 0 Å². The second kappa shape index (κ2) is 7.39. The van der Waals surface area contributed by atoms with E-state index in [1.807, 2.05) is 7.05 Å². The number of aryl methyl sites for hydroxylation is 2. The van der Waals surface area contributed by atoms with Crippen LogP contribution in [0.2, 0.25) is 0 Å². The molecule has 0 bridgehead atoms. The number of rotatable bonds is 5. The summed E-state index contributed by atoms with van der Waals surface area (Å²) in [5.74, 6) is 0.109. The van der Waals surface area contributed by atoms with E-state index in [0.717, 1.165) is 12.1 Å². The second-order valence-corrected chi connectivity index (χ2v) is 4.59. The molecule has 2 N–H and O–H groups in total. The van der Waals surface area contributed by atoms with E-state index in [1.165, 1.54) is 30.4 Å². The second-order valence-electron chi connectivity index (χ2n) is 4.59. The monoisotopic (exact) mass is 268 g/mol. The van der Waals surface area contributed by atoms with Crippen LogP contribution in [0.4, 0.5) is 0 Å². The molecule has 0 heterocycles. The van der Waals surface area contributed by atoms with Crippen molar-refractivity contribution in [3.8, 4) is 0 Å². The van der Waals surface area contributed by atoms with Crippen LogP contribution in [0.5, 0.6) is 0 Å². The first-order valence-electron chi connectivity index (χ1n) is 6.31. The third-order valence-corrected chi connectivity index (χ3v) is 3.22. The summed E-state index contributed by atoms with van der Waals surface area (Å²) in [7, 11) is 1.88. The van der Waals surface area contributed by atoms with E-state index in [0.29, 0.717) is 13.0 Å². The highest BCUT2D eigenvalue weighted by molar-refractivity contribution is 5.85. The first kappa shape index (κ1) is 15.0. The first-order valence-corrected chi connectivity index (χ1v) is 6.31. The predicted molar refractivity (Wildman–Crippen MR) is 76.4 cm³/mol. The van der Waals surface area contributed by atoms with Gasteiger partial charge in [0.05, 0.1) is 6.42 Å². The molecule has 1 amide bonds. The maximum atomic E-state index is 11.6. The summed E-state index contributed by atoms with van der Waals surface area (Å²) in [4.78, 5) is 11.6. The topological polar surface area (TPSA) is 41.1 Å². The fourth-order valence-corrected chi connectivity index (χ4v) is 2.31. The van der Waals surface area contributed by atoms with E-state index in [1.54, 1.807) is 0 Å². The lowest BCUT2D eigenvalue weighted by Crippen LogP contribution is -2.31. The molecule has 3 nitrogen and oxygen atoms in total. The van der Waals surface area contributed by atoms with Crippen molar-refractivity contribution >= 4 is 18.3 Å². The third kappa shape index (κ3) is 4.00. The average molecular weight is 269 g/mol. The lowest BCUT2D eigenvalue weighted by atomic mass is 10.0. The Hall–Kier alpha value is -1.06. The molecule has 0 spiro atoms. The van der Waals surface area contributed by atoms with Crippen LogP contribution in [0.25, 0.3) is 0 Å². The Labute approximate surface area is 115 Å². The van der Waals surface area contributed by atoms with Crippen molar-refractivity contribution < 1.29 is 4.79 Å². The van der Waals surface area contributed by atoms with Crippen molar-refractivity contribution in [1.29, 1.82) is 0 Å². The first-order chi connectivity index (χ1) is 8.29. The summed E-state index contributed by atoms with van der Waals surface area (Å²) in [5.41, 5.74) is 4.03. The normalized spacial score (nSPS) is 12.7. The number of likely N-dealkylation sites (N-methyl/N-ethyl adjacent to an activating group) is 1. The Morgan fingerprint density at radius 3 is 2.78 bits per heavy atom. The standard InChI is InChI=1S/C14H20N2O.ClH/c1-15-7-8-16-14(17)10-11-5-6-12-3-2-4-13(12)9-11;/h5-6,9,15H,2-4,7-8,10H2,1H3,(H,16,17);1H. The lowest BCUT2D eigenvalue weighted by Gasteiger charge is -2.06. The highest BCUT2D eigenvalue weighted by atomic mass is 35.5. The number of benzene rings is 1. The van der Waals surface area contributed by atoms with Gasteiger partial charge in [0.1, 0.15) is 0 Å². The van der Waals surface area contributed by atoms with Crippen molar-refractivity contribution in [3.05, 3.63) is 34.9 Å². The van der Waals surface area contributed by atoms with Crippen LogP contribution in [0, 0.1) is 0 Å². The quantitative estimate of drug-likeness (QED) is 0.795. The Bertz CT molecular complexity index is 407. The van der Waals surface area contributed by atoms with Crippen molar-refractivity contribution in [2.45, 2.75) is 25.7 Å². The molecule has 1 aliphatic rings. The van der Waals surface area contributed by atoms with E-state index in [2.05, 4.69) is 28.8 Å². The van der Waals surface area contributed by atoms with E-state index in [4.69, 9.17) is 0 Å². The molecule has 4 heteroatoms. The van der Waals surface area contributed by atoms with Crippen molar-refractivity contribution in [2.75, 3.05) is 20.1 Å². The average Bonchev–Trinajstić information content (AvgIpc) is 2.76. The highest BCUT2D eigenvalue weighted by Gasteiger charge is 2.11. The molecule has 1 aromatic carbocycles. The minimum absolute atomic E-state index is 0. The molecule has 2 rings (SSSR count). The molecule has 0 saturated carbocycles. The summed E-state index contributed by atoms with van der Waals surface area (Å²) < 4.78 is 0. The molecule has 0 saturated heterocycles. The number of carbonyl (C=O) groups excluding carboxylic acids is 1. The van der Waals surface area contributed by atoms with Crippen LogP contribution in [0.15, 0.2) is 18.2 Å². The van der Waals surface area contributed by atoms with Gasteiger partial charge in [-0.2, -0.15) is 0 Å². The maximum Gasteiger partial charge on any atom is 0.224 e. The zero-order valence-electron chi connectivity index (χ0n) is 10.8. The van der Waals surface area contributed by atoms with Crippen LogP contribution in [-0.2, 0) is 24.1 Å². The minimum Gasteiger partial charge on any atom is -0.355 e. The van der Waals surface area contributed by atoms with Gasteiger partial charge in [0.15, 0.2) is 0 Å². The number of hydrogen-bond donors (Lipinski definition) is 2. The van der Waals surface area contributed by atoms with Gasteiger partial charge < -0.3 is 10.6 Å². The molecular weight excluding hydrogens is 248 g/mol. The lowest BCUT2D eigenvalue weighted by molar-refractivity contribution is -0.120. The van der Waals surface area contributed by atoms with Gasteiger partial charge >= 0.3 is 0 Å². The van der Waals surface area contributed by atoms with Gasteiger partial charge in [0, 0.05) is 13.1 Å². The fourth-order valence-electron chi connectivity index (χ4n) is 2.31. The number of halogens is 1. The molecule has 100 valence electrons. The van der Waals surface area contributed by atoms with Crippen molar-refractivity contribution in [3.63, 3.8) is 0 Å². The Kier molecular flexibility index (Phi) is 6.16. The van der Waals surface area contributed by atoms with Crippen molar-refractivity contribution in [2.24, 2.45) is 0 Å². The van der Waals surface area contributed by atoms with E-state index < -0.39 is 0 Å². The third-order valence-electron chi connectivity index (χ3n) is 3.22. The van der Waals surface area contributed by atoms with Gasteiger partial charge in [-0.3, -0.25) is 4.79 Å². The number of nitrogens with one attached hydrogen (secondary N) is 2.